The molecule has 2 N–H and O–H groups in total. The van der Waals surface area contributed by atoms with Crippen molar-refractivity contribution >= 4 is 27.9 Å². The fraction of sp³-hybridized carbons (Fsp3) is 0.125. The minimum absolute atomic E-state index is 0.0456. The SMILES string of the molecule is O=C(O)CCNS(=O)(=O)c1ccc(C(=O)/C=C/c2ccc(OCc3ccncc3)cc2)cc1. The Kier molecular flexibility index (Phi) is 8.06. The van der Waals surface area contributed by atoms with Crippen LogP contribution < -0.4 is 9.46 Å². The van der Waals surface area contributed by atoms with Gasteiger partial charge in [-0.1, -0.05) is 18.2 Å². The quantitative estimate of drug-likeness (QED) is 0.328. The second-order valence-corrected chi connectivity index (χ2v) is 8.74. The molecule has 0 amide bonds. The van der Waals surface area contributed by atoms with E-state index in [4.69, 9.17) is 9.84 Å². The number of rotatable bonds is 11. The Morgan fingerprint density at radius 1 is 0.970 bits per heavy atom. The summed E-state index contributed by atoms with van der Waals surface area (Å²) in [5, 5.41) is 8.60. The van der Waals surface area contributed by atoms with E-state index in [-0.39, 0.29) is 23.6 Å². The lowest BCUT2D eigenvalue weighted by atomic mass is 10.1. The summed E-state index contributed by atoms with van der Waals surface area (Å²) in [6, 6.07) is 16.4. The maximum absolute atomic E-state index is 12.4. The molecule has 33 heavy (non-hydrogen) atoms. The number of sulfonamides is 1. The van der Waals surface area contributed by atoms with E-state index in [2.05, 4.69) is 9.71 Å². The number of ketones is 1. The van der Waals surface area contributed by atoms with E-state index in [9.17, 15) is 18.0 Å². The molecule has 1 aromatic heterocycles. The Morgan fingerprint density at radius 3 is 2.27 bits per heavy atom. The Morgan fingerprint density at radius 2 is 1.64 bits per heavy atom. The van der Waals surface area contributed by atoms with Gasteiger partial charge in [0.25, 0.3) is 0 Å². The molecule has 1 heterocycles. The van der Waals surface area contributed by atoms with Crippen LogP contribution in [0.3, 0.4) is 0 Å². The van der Waals surface area contributed by atoms with Crippen molar-refractivity contribution in [2.75, 3.05) is 6.54 Å². The lowest BCUT2D eigenvalue weighted by Crippen LogP contribution is -2.26. The standard InChI is InChI=1S/C24H22N2O6S/c27-23(20-4-8-22(9-5-20)33(30,31)26-16-13-24(28)29)10-3-18-1-6-21(7-2-18)32-17-19-11-14-25-15-12-19/h1-12,14-15,26H,13,16-17H2,(H,28,29)/b10-3+. The molecular formula is C24H22N2O6S. The molecular weight excluding hydrogens is 444 g/mol. The number of carbonyl (C=O) groups excluding carboxylic acids is 1. The number of benzene rings is 2. The summed E-state index contributed by atoms with van der Waals surface area (Å²) in [6.07, 6.45) is 6.15. The zero-order chi connectivity index (χ0) is 23.7. The van der Waals surface area contributed by atoms with Crippen molar-refractivity contribution in [3.05, 3.63) is 95.8 Å². The third-order valence-corrected chi connectivity index (χ3v) is 6.02. The van der Waals surface area contributed by atoms with E-state index in [1.54, 1.807) is 18.5 Å². The van der Waals surface area contributed by atoms with Gasteiger partial charge in [-0.25, -0.2) is 13.1 Å². The maximum atomic E-state index is 12.4. The van der Waals surface area contributed by atoms with Gasteiger partial charge >= 0.3 is 5.97 Å². The molecule has 0 unspecified atom stereocenters. The highest BCUT2D eigenvalue weighted by Gasteiger charge is 2.14. The third-order valence-electron chi connectivity index (χ3n) is 4.54. The van der Waals surface area contributed by atoms with E-state index in [0.717, 1.165) is 11.1 Å². The van der Waals surface area contributed by atoms with Gasteiger partial charge in [0.05, 0.1) is 11.3 Å². The Balaban J connectivity index is 1.56. The average molecular weight is 467 g/mol. The minimum Gasteiger partial charge on any atom is -0.489 e. The molecule has 170 valence electrons. The Labute approximate surface area is 191 Å². The van der Waals surface area contributed by atoms with E-state index < -0.39 is 16.0 Å². The fourth-order valence-corrected chi connectivity index (χ4v) is 3.79. The Hall–Kier alpha value is -3.82. The van der Waals surface area contributed by atoms with Gasteiger partial charge in [-0.15, -0.1) is 0 Å². The number of carboxylic acids is 1. The lowest BCUT2D eigenvalue weighted by molar-refractivity contribution is -0.136. The topological polar surface area (TPSA) is 123 Å². The summed E-state index contributed by atoms with van der Waals surface area (Å²) < 4.78 is 32.2. The van der Waals surface area contributed by atoms with Crippen LogP contribution in [0.4, 0.5) is 0 Å². The van der Waals surface area contributed by atoms with Crippen molar-refractivity contribution in [2.45, 2.75) is 17.9 Å². The molecule has 0 fully saturated rings. The molecule has 0 saturated heterocycles. The van der Waals surface area contributed by atoms with Gasteiger partial charge in [0, 0.05) is 24.5 Å². The largest absolute Gasteiger partial charge is 0.489 e. The summed E-state index contributed by atoms with van der Waals surface area (Å²) in [5.74, 6) is -0.683. The summed E-state index contributed by atoms with van der Waals surface area (Å²) in [5.41, 5.74) is 2.14. The molecule has 0 saturated carbocycles. The molecule has 8 nitrogen and oxygen atoms in total. The molecule has 0 radical (unpaired) electrons. The number of ether oxygens (including phenoxy) is 1. The van der Waals surface area contributed by atoms with Crippen LogP contribution in [0.1, 0.15) is 27.9 Å². The van der Waals surface area contributed by atoms with Gasteiger partial charge in [0.2, 0.25) is 10.0 Å². The third kappa shape index (κ3) is 7.37. The van der Waals surface area contributed by atoms with E-state index >= 15 is 0 Å². The summed E-state index contributed by atoms with van der Waals surface area (Å²) in [4.78, 5) is 26.8. The smallest absolute Gasteiger partial charge is 0.304 e. The summed E-state index contributed by atoms with van der Waals surface area (Å²) in [6.45, 7) is 0.214. The van der Waals surface area contributed by atoms with Gasteiger partial charge in [-0.3, -0.25) is 14.6 Å². The zero-order valence-corrected chi connectivity index (χ0v) is 18.4. The highest BCUT2D eigenvalue weighted by atomic mass is 32.2. The normalized spacial score (nSPS) is 11.4. The fourth-order valence-electron chi connectivity index (χ4n) is 2.76. The number of carboxylic acid groups (broad SMARTS) is 1. The van der Waals surface area contributed by atoms with Crippen LogP contribution in [0.5, 0.6) is 5.75 Å². The number of pyridine rings is 1. The monoisotopic (exact) mass is 466 g/mol. The van der Waals surface area contributed by atoms with Gasteiger partial charge in [-0.2, -0.15) is 0 Å². The summed E-state index contributed by atoms with van der Waals surface area (Å²) >= 11 is 0. The number of nitrogens with zero attached hydrogens (tertiary/aromatic N) is 1. The zero-order valence-electron chi connectivity index (χ0n) is 17.5. The molecule has 9 heteroatoms. The van der Waals surface area contributed by atoms with Crippen molar-refractivity contribution in [1.29, 1.82) is 0 Å². The van der Waals surface area contributed by atoms with E-state index in [1.807, 2.05) is 36.4 Å². The van der Waals surface area contributed by atoms with E-state index in [0.29, 0.717) is 17.9 Å². The molecule has 3 aromatic rings. The van der Waals surface area contributed by atoms with Crippen molar-refractivity contribution in [3.8, 4) is 5.75 Å². The average Bonchev–Trinajstić information content (AvgIpc) is 2.82. The highest BCUT2D eigenvalue weighted by Crippen LogP contribution is 2.16. The number of carbonyl (C=O) groups is 2. The van der Waals surface area contributed by atoms with Crippen molar-refractivity contribution in [2.24, 2.45) is 0 Å². The van der Waals surface area contributed by atoms with Crippen LogP contribution in [0.2, 0.25) is 0 Å². The van der Waals surface area contributed by atoms with Crippen LogP contribution in [0.15, 0.2) is 84.0 Å². The molecule has 0 aliphatic carbocycles. The summed E-state index contributed by atoms with van der Waals surface area (Å²) in [7, 11) is -3.84. The minimum atomic E-state index is -3.84. The lowest BCUT2D eigenvalue weighted by Gasteiger charge is -2.06. The number of allylic oxidation sites excluding steroid dienone is 1. The van der Waals surface area contributed by atoms with Crippen LogP contribution >= 0.6 is 0 Å². The predicted molar refractivity (Wildman–Crippen MR) is 122 cm³/mol. The van der Waals surface area contributed by atoms with Crippen LogP contribution in [-0.2, 0) is 21.4 Å². The molecule has 0 bridgehead atoms. The number of nitrogens with one attached hydrogen (secondary N) is 1. The van der Waals surface area contributed by atoms with Crippen molar-refractivity contribution < 1.29 is 27.9 Å². The number of aromatic nitrogens is 1. The molecule has 0 aliphatic rings. The van der Waals surface area contributed by atoms with Crippen LogP contribution in [0.25, 0.3) is 6.08 Å². The maximum Gasteiger partial charge on any atom is 0.304 e. The number of hydrogen-bond acceptors (Lipinski definition) is 6. The van der Waals surface area contributed by atoms with Gasteiger partial charge in [0.15, 0.2) is 5.78 Å². The Bertz CT molecular complexity index is 1220. The molecule has 0 spiro atoms. The van der Waals surface area contributed by atoms with Crippen LogP contribution in [0, 0.1) is 0 Å². The first-order chi connectivity index (χ1) is 15.8. The number of hydrogen-bond donors (Lipinski definition) is 2. The van der Waals surface area contributed by atoms with E-state index in [1.165, 1.54) is 30.3 Å². The highest BCUT2D eigenvalue weighted by molar-refractivity contribution is 7.89. The predicted octanol–water partition coefficient (Wildman–Crippen LogP) is 3.31. The first-order valence-corrected chi connectivity index (χ1v) is 11.5. The molecule has 3 rings (SSSR count). The van der Waals surface area contributed by atoms with Gasteiger partial charge in [0.1, 0.15) is 12.4 Å². The second-order valence-electron chi connectivity index (χ2n) is 6.98. The second kappa shape index (κ2) is 11.2. The molecule has 2 aromatic carbocycles. The van der Waals surface area contributed by atoms with Crippen molar-refractivity contribution in [3.63, 3.8) is 0 Å². The van der Waals surface area contributed by atoms with Gasteiger partial charge in [-0.05, 0) is 65.7 Å². The molecule has 0 atom stereocenters. The van der Waals surface area contributed by atoms with Gasteiger partial charge < -0.3 is 9.84 Å². The first kappa shape index (κ1) is 23.8. The van der Waals surface area contributed by atoms with Crippen LogP contribution in [-0.4, -0.2) is 36.8 Å². The number of aliphatic carboxylic acids is 1. The first-order valence-electron chi connectivity index (χ1n) is 9.99. The van der Waals surface area contributed by atoms with Crippen molar-refractivity contribution in [1.82, 2.24) is 9.71 Å². The molecule has 0 aliphatic heterocycles.